The van der Waals surface area contributed by atoms with Crippen molar-refractivity contribution in [1.82, 2.24) is 14.8 Å². The molecule has 0 bridgehead atoms. The average Bonchev–Trinajstić information content (AvgIpc) is 3.17. The van der Waals surface area contributed by atoms with Crippen LogP contribution in [0.15, 0.2) is 53.2 Å². The minimum Gasteiger partial charge on any atom is -0.463 e. The molecule has 3 aromatic rings. The standard InChI is InChI=1S/C15H13N3O3/c1-20-15(19)13-8-7-12(21-13)9-18-10-16-14(17-18)11-5-3-2-4-6-11/h2-8,10H,9H2,1H3. The first-order valence-electron chi connectivity index (χ1n) is 6.38. The highest BCUT2D eigenvalue weighted by molar-refractivity contribution is 5.86. The lowest BCUT2D eigenvalue weighted by molar-refractivity contribution is 0.0563. The van der Waals surface area contributed by atoms with Crippen molar-refractivity contribution < 1.29 is 13.9 Å². The van der Waals surface area contributed by atoms with E-state index >= 15 is 0 Å². The Balaban J connectivity index is 1.76. The molecule has 6 heteroatoms. The number of carbonyl (C=O) groups excluding carboxylic acids is 1. The van der Waals surface area contributed by atoms with E-state index in [0.717, 1.165) is 5.56 Å². The highest BCUT2D eigenvalue weighted by Crippen LogP contribution is 2.14. The Labute approximate surface area is 121 Å². The zero-order valence-corrected chi connectivity index (χ0v) is 11.4. The van der Waals surface area contributed by atoms with Gasteiger partial charge in [0.2, 0.25) is 5.76 Å². The predicted molar refractivity (Wildman–Crippen MR) is 74.6 cm³/mol. The van der Waals surface area contributed by atoms with Gasteiger partial charge in [-0.15, -0.1) is 0 Å². The summed E-state index contributed by atoms with van der Waals surface area (Å²) in [7, 11) is 1.31. The van der Waals surface area contributed by atoms with E-state index in [2.05, 4.69) is 14.8 Å². The highest BCUT2D eigenvalue weighted by Gasteiger charge is 2.12. The molecule has 2 heterocycles. The molecular weight excluding hydrogens is 270 g/mol. The largest absolute Gasteiger partial charge is 0.463 e. The van der Waals surface area contributed by atoms with Gasteiger partial charge in [-0.1, -0.05) is 30.3 Å². The fourth-order valence-corrected chi connectivity index (χ4v) is 1.92. The number of hydrogen-bond acceptors (Lipinski definition) is 5. The summed E-state index contributed by atoms with van der Waals surface area (Å²) in [5.41, 5.74) is 0.950. The number of benzene rings is 1. The molecule has 3 rings (SSSR count). The molecule has 0 saturated carbocycles. The van der Waals surface area contributed by atoms with Crippen LogP contribution in [0.1, 0.15) is 16.3 Å². The quantitative estimate of drug-likeness (QED) is 0.687. The van der Waals surface area contributed by atoms with E-state index in [1.54, 1.807) is 23.1 Å². The molecule has 6 nitrogen and oxygen atoms in total. The molecular formula is C15H13N3O3. The molecule has 2 aromatic heterocycles. The van der Waals surface area contributed by atoms with Gasteiger partial charge in [0.15, 0.2) is 5.82 Å². The summed E-state index contributed by atoms with van der Waals surface area (Å²) in [5, 5.41) is 4.38. The van der Waals surface area contributed by atoms with Crippen molar-refractivity contribution in [2.45, 2.75) is 6.54 Å². The number of rotatable bonds is 4. The molecule has 0 fully saturated rings. The first-order valence-corrected chi connectivity index (χ1v) is 6.38. The molecule has 106 valence electrons. The van der Waals surface area contributed by atoms with Crippen molar-refractivity contribution >= 4 is 5.97 Å². The van der Waals surface area contributed by atoms with E-state index in [1.807, 2.05) is 30.3 Å². The van der Waals surface area contributed by atoms with Gasteiger partial charge < -0.3 is 9.15 Å². The molecule has 0 aliphatic rings. The molecule has 0 aliphatic carbocycles. The van der Waals surface area contributed by atoms with E-state index in [1.165, 1.54) is 7.11 Å². The summed E-state index contributed by atoms with van der Waals surface area (Å²) in [4.78, 5) is 15.6. The van der Waals surface area contributed by atoms with Crippen LogP contribution < -0.4 is 0 Å². The van der Waals surface area contributed by atoms with Crippen LogP contribution in [0.25, 0.3) is 11.4 Å². The van der Waals surface area contributed by atoms with E-state index in [4.69, 9.17) is 4.42 Å². The van der Waals surface area contributed by atoms with Gasteiger partial charge in [0.25, 0.3) is 0 Å². The first-order chi connectivity index (χ1) is 10.3. The number of nitrogens with zero attached hydrogens (tertiary/aromatic N) is 3. The van der Waals surface area contributed by atoms with Crippen LogP contribution in [0, 0.1) is 0 Å². The molecule has 0 N–H and O–H groups in total. The summed E-state index contributed by atoms with van der Waals surface area (Å²) in [5.74, 6) is 0.941. The van der Waals surface area contributed by atoms with Crippen molar-refractivity contribution in [2.24, 2.45) is 0 Å². The van der Waals surface area contributed by atoms with Gasteiger partial charge in [0.1, 0.15) is 18.6 Å². The summed E-state index contributed by atoms with van der Waals surface area (Å²) >= 11 is 0. The van der Waals surface area contributed by atoms with Crippen LogP contribution in [-0.4, -0.2) is 27.8 Å². The average molecular weight is 283 g/mol. The monoisotopic (exact) mass is 283 g/mol. The molecule has 0 saturated heterocycles. The van der Waals surface area contributed by atoms with Gasteiger partial charge in [-0.25, -0.2) is 14.5 Å². The van der Waals surface area contributed by atoms with Crippen LogP contribution in [-0.2, 0) is 11.3 Å². The zero-order chi connectivity index (χ0) is 14.7. The second-order valence-corrected chi connectivity index (χ2v) is 4.39. The molecule has 21 heavy (non-hydrogen) atoms. The van der Waals surface area contributed by atoms with E-state index in [-0.39, 0.29) is 5.76 Å². The van der Waals surface area contributed by atoms with Crippen LogP contribution in [0.4, 0.5) is 0 Å². The molecule has 0 atom stereocenters. The lowest BCUT2D eigenvalue weighted by Gasteiger charge is -1.97. The number of carbonyl (C=O) groups is 1. The number of aromatic nitrogens is 3. The van der Waals surface area contributed by atoms with Crippen LogP contribution in [0.3, 0.4) is 0 Å². The van der Waals surface area contributed by atoms with Gasteiger partial charge in [-0.3, -0.25) is 0 Å². The molecule has 0 radical (unpaired) electrons. The van der Waals surface area contributed by atoms with Crippen LogP contribution in [0.2, 0.25) is 0 Å². The smallest absolute Gasteiger partial charge is 0.373 e. The lowest BCUT2D eigenvalue weighted by Crippen LogP contribution is -2.00. The minimum atomic E-state index is -0.496. The molecule has 0 amide bonds. The van der Waals surface area contributed by atoms with Crippen molar-refractivity contribution in [3.8, 4) is 11.4 Å². The Hall–Kier alpha value is -2.89. The van der Waals surface area contributed by atoms with Gasteiger partial charge >= 0.3 is 5.97 Å². The van der Waals surface area contributed by atoms with E-state index < -0.39 is 5.97 Å². The third kappa shape index (κ3) is 2.84. The van der Waals surface area contributed by atoms with Gasteiger partial charge in [0, 0.05) is 5.56 Å². The maximum Gasteiger partial charge on any atom is 0.373 e. The normalized spacial score (nSPS) is 10.5. The Morgan fingerprint density at radius 1 is 1.24 bits per heavy atom. The molecule has 0 aliphatic heterocycles. The SMILES string of the molecule is COC(=O)c1ccc(Cn2cnc(-c3ccccc3)n2)o1. The summed E-state index contributed by atoms with van der Waals surface area (Å²) in [6.45, 7) is 0.400. The Morgan fingerprint density at radius 3 is 2.81 bits per heavy atom. The van der Waals surface area contributed by atoms with Crippen molar-refractivity contribution in [2.75, 3.05) is 7.11 Å². The number of esters is 1. The maximum atomic E-state index is 11.3. The Bertz CT molecular complexity index is 746. The molecule has 1 aromatic carbocycles. The van der Waals surface area contributed by atoms with E-state index in [0.29, 0.717) is 18.1 Å². The summed E-state index contributed by atoms with van der Waals surface area (Å²) in [6.07, 6.45) is 1.63. The van der Waals surface area contributed by atoms with Crippen molar-refractivity contribution in [3.63, 3.8) is 0 Å². The summed E-state index contributed by atoms with van der Waals surface area (Å²) in [6, 6.07) is 13.0. The molecule has 0 spiro atoms. The lowest BCUT2D eigenvalue weighted by atomic mass is 10.2. The Kier molecular flexibility index (Phi) is 3.51. The van der Waals surface area contributed by atoms with Gasteiger partial charge in [0.05, 0.1) is 7.11 Å². The first kappa shape index (κ1) is 13.1. The third-order valence-electron chi connectivity index (χ3n) is 2.93. The Morgan fingerprint density at radius 2 is 2.05 bits per heavy atom. The number of ether oxygens (including phenoxy) is 1. The van der Waals surface area contributed by atoms with Crippen LogP contribution in [0.5, 0.6) is 0 Å². The third-order valence-corrected chi connectivity index (χ3v) is 2.93. The summed E-state index contributed by atoms with van der Waals surface area (Å²) < 4.78 is 11.6. The molecule has 0 unspecified atom stereocenters. The van der Waals surface area contributed by atoms with Gasteiger partial charge in [-0.2, -0.15) is 5.10 Å². The fourth-order valence-electron chi connectivity index (χ4n) is 1.92. The second-order valence-electron chi connectivity index (χ2n) is 4.39. The highest BCUT2D eigenvalue weighted by atomic mass is 16.5. The zero-order valence-electron chi connectivity index (χ0n) is 11.4. The fraction of sp³-hybridized carbons (Fsp3) is 0.133. The maximum absolute atomic E-state index is 11.3. The number of furan rings is 1. The minimum absolute atomic E-state index is 0.177. The van der Waals surface area contributed by atoms with Crippen molar-refractivity contribution in [3.05, 3.63) is 60.3 Å². The van der Waals surface area contributed by atoms with E-state index in [9.17, 15) is 4.79 Å². The van der Waals surface area contributed by atoms with Crippen molar-refractivity contribution in [1.29, 1.82) is 0 Å². The topological polar surface area (TPSA) is 70.2 Å². The number of hydrogen-bond donors (Lipinski definition) is 0. The predicted octanol–water partition coefficient (Wildman–Crippen LogP) is 2.37. The van der Waals surface area contributed by atoms with Gasteiger partial charge in [-0.05, 0) is 12.1 Å². The number of methoxy groups -OCH3 is 1. The second kappa shape index (κ2) is 5.62. The van der Waals surface area contributed by atoms with Crippen LogP contribution >= 0.6 is 0 Å².